The molecule has 1 unspecified atom stereocenters. The molecule has 0 aromatic heterocycles. The lowest BCUT2D eigenvalue weighted by atomic mass is 10.2. The lowest BCUT2D eigenvalue weighted by Crippen LogP contribution is -2.44. The van der Waals surface area contributed by atoms with Gasteiger partial charge >= 0.3 is 0 Å². The molecule has 1 aliphatic rings. The molecule has 1 aliphatic carbocycles. The van der Waals surface area contributed by atoms with Crippen molar-refractivity contribution in [3.8, 4) is 0 Å². The van der Waals surface area contributed by atoms with E-state index in [0.29, 0.717) is 5.92 Å². The van der Waals surface area contributed by atoms with Gasteiger partial charge in [-0.2, -0.15) is 0 Å². The van der Waals surface area contributed by atoms with Crippen LogP contribution in [0, 0.1) is 5.92 Å². The maximum atomic E-state index is 12.9. The van der Waals surface area contributed by atoms with Crippen LogP contribution in [0.15, 0.2) is 0 Å². The molecule has 1 saturated carbocycles. The molecule has 0 amide bonds. The molecule has 13 heavy (non-hydrogen) atoms. The summed E-state index contributed by atoms with van der Waals surface area (Å²) in [6.07, 6.45) is 2.36. The van der Waals surface area contributed by atoms with E-state index in [-0.39, 0.29) is 12.6 Å². The predicted octanol–water partition coefficient (Wildman–Crippen LogP) is 1.31. The van der Waals surface area contributed by atoms with Gasteiger partial charge in [-0.05, 0) is 32.7 Å². The van der Waals surface area contributed by atoms with Gasteiger partial charge < -0.3 is 5.73 Å². The van der Waals surface area contributed by atoms with Crippen LogP contribution in [0.3, 0.4) is 0 Å². The summed E-state index contributed by atoms with van der Waals surface area (Å²) in [7, 11) is 1.74. The number of nitrogens with two attached hydrogens (primary N) is 1. The van der Waals surface area contributed by atoms with Crippen LogP contribution in [0.5, 0.6) is 0 Å². The lowest BCUT2D eigenvalue weighted by molar-refractivity contribution is -0.0271. The van der Waals surface area contributed by atoms with E-state index < -0.39 is 12.5 Å². The SMILES string of the molecule is CC(C1CC1)N(C)CC(F)(F)CN. The first-order valence-electron chi connectivity index (χ1n) is 4.74. The summed E-state index contributed by atoms with van der Waals surface area (Å²) < 4.78 is 25.8. The first-order chi connectivity index (χ1) is 5.96. The summed E-state index contributed by atoms with van der Waals surface area (Å²) in [6, 6.07) is 0.262. The third kappa shape index (κ3) is 3.19. The van der Waals surface area contributed by atoms with Crippen molar-refractivity contribution in [3.05, 3.63) is 0 Å². The first-order valence-corrected chi connectivity index (χ1v) is 4.74. The number of halogens is 2. The summed E-state index contributed by atoms with van der Waals surface area (Å²) in [6.45, 7) is 1.22. The number of rotatable bonds is 5. The summed E-state index contributed by atoms with van der Waals surface area (Å²) in [5.74, 6) is -2.11. The van der Waals surface area contributed by atoms with Crippen LogP contribution in [-0.4, -0.2) is 37.0 Å². The van der Waals surface area contributed by atoms with Crippen LogP contribution in [0.1, 0.15) is 19.8 Å². The van der Waals surface area contributed by atoms with Crippen LogP contribution in [0.2, 0.25) is 0 Å². The Balaban J connectivity index is 2.34. The molecule has 2 N–H and O–H groups in total. The average molecular weight is 192 g/mol. The third-order valence-corrected chi connectivity index (χ3v) is 2.78. The molecule has 2 nitrogen and oxygen atoms in total. The molecule has 0 heterocycles. The van der Waals surface area contributed by atoms with E-state index >= 15 is 0 Å². The molecular weight excluding hydrogens is 174 g/mol. The fraction of sp³-hybridized carbons (Fsp3) is 1.00. The number of hydrogen-bond donors (Lipinski definition) is 1. The quantitative estimate of drug-likeness (QED) is 0.711. The van der Waals surface area contributed by atoms with Crippen LogP contribution in [0.25, 0.3) is 0 Å². The van der Waals surface area contributed by atoms with E-state index in [2.05, 4.69) is 0 Å². The normalized spacial score (nSPS) is 20.8. The fourth-order valence-corrected chi connectivity index (χ4v) is 1.51. The second-order valence-electron chi connectivity index (χ2n) is 4.05. The van der Waals surface area contributed by atoms with Crippen LogP contribution in [0.4, 0.5) is 8.78 Å². The molecule has 78 valence electrons. The summed E-state index contributed by atoms with van der Waals surface area (Å²) in [4.78, 5) is 1.71. The highest BCUT2D eigenvalue weighted by Gasteiger charge is 2.35. The summed E-state index contributed by atoms with van der Waals surface area (Å²) in [5, 5.41) is 0. The van der Waals surface area contributed by atoms with E-state index in [1.54, 1.807) is 11.9 Å². The maximum Gasteiger partial charge on any atom is 0.272 e. The Morgan fingerprint density at radius 2 is 2.08 bits per heavy atom. The Hall–Kier alpha value is -0.220. The zero-order valence-corrected chi connectivity index (χ0v) is 8.26. The van der Waals surface area contributed by atoms with Gasteiger partial charge in [-0.3, -0.25) is 4.90 Å². The van der Waals surface area contributed by atoms with E-state index in [1.807, 2.05) is 6.92 Å². The minimum Gasteiger partial charge on any atom is -0.325 e. The Morgan fingerprint density at radius 3 is 2.46 bits per heavy atom. The molecule has 0 radical (unpaired) electrons. The van der Waals surface area contributed by atoms with Gasteiger partial charge in [0.1, 0.15) is 0 Å². The Morgan fingerprint density at radius 1 is 1.54 bits per heavy atom. The van der Waals surface area contributed by atoms with E-state index in [1.165, 1.54) is 12.8 Å². The van der Waals surface area contributed by atoms with Crippen molar-refractivity contribution in [1.82, 2.24) is 4.90 Å². The van der Waals surface area contributed by atoms with E-state index in [4.69, 9.17) is 5.73 Å². The fourth-order valence-electron chi connectivity index (χ4n) is 1.51. The van der Waals surface area contributed by atoms with Gasteiger partial charge in [-0.15, -0.1) is 0 Å². The largest absolute Gasteiger partial charge is 0.325 e. The van der Waals surface area contributed by atoms with Crippen LogP contribution < -0.4 is 5.73 Å². The Kier molecular flexibility index (Phi) is 3.24. The van der Waals surface area contributed by atoms with Gasteiger partial charge in [0, 0.05) is 6.04 Å². The average Bonchev–Trinajstić information content (AvgIpc) is 2.85. The molecule has 1 atom stereocenters. The molecule has 0 aromatic carbocycles. The van der Waals surface area contributed by atoms with Crippen LogP contribution in [-0.2, 0) is 0 Å². The molecule has 0 saturated heterocycles. The van der Waals surface area contributed by atoms with Crippen molar-refractivity contribution < 1.29 is 8.78 Å². The van der Waals surface area contributed by atoms with E-state index in [0.717, 1.165) is 0 Å². The van der Waals surface area contributed by atoms with Crippen molar-refractivity contribution in [2.24, 2.45) is 11.7 Å². The summed E-state index contributed by atoms with van der Waals surface area (Å²) in [5.41, 5.74) is 4.97. The number of hydrogen-bond acceptors (Lipinski definition) is 2. The maximum absolute atomic E-state index is 12.9. The van der Waals surface area contributed by atoms with Gasteiger partial charge in [0.15, 0.2) is 0 Å². The van der Waals surface area contributed by atoms with Gasteiger partial charge in [0.2, 0.25) is 0 Å². The van der Waals surface area contributed by atoms with Gasteiger partial charge in [0.25, 0.3) is 5.92 Å². The van der Waals surface area contributed by atoms with Crippen LogP contribution >= 0.6 is 0 Å². The zero-order valence-electron chi connectivity index (χ0n) is 8.26. The minimum atomic E-state index is -2.74. The highest BCUT2D eigenvalue weighted by Crippen LogP contribution is 2.35. The lowest BCUT2D eigenvalue weighted by Gasteiger charge is -2.28. The highest BCUT2D eigenvalue weighted by atomic mass is 19.3. The summed E-state index contributed by atoms with van der Waals surface area (Å²) >= 11 is 0. The molecule has 1 fully saturated rings. The second kappa shape index (κ2) is 3.88. The number of nitrogens with zero attached hydrogens (tertiary/aromatic N) is 1. The monoisotopic (exact) mass is 192 g/mol. The van der Waals surface area contributed by atoms with Crippen molar-refractivity contribution in [2.75, 3.05) is 20.1 Å². The molecule has 0 spiro atoms. The Bertz CT molecular complexity index is 169. The third-order valence-electron chi connectivity index (χ3n) is 2.78. The molecule has 0 aromatic rings. The second-order valence-corrected chi connectivity index (χ2v) is 4.05. The van der Waals surface area contributed by atoms with Crippen molar-refractivity contribution in [3.63, 3.8) is 0 Å². The zero-order chi connectivity index (χ0) is 10.1. The van der Waals surface area contributed by atoms with Gasteiger partial charge in [-0.1, -0.05) is 0 Å². The topological polar surface area (TPSA) is 29.3 Å². The highest BCUT2D eigenvalue weighted by molar-refractivity contribution is 4.86. The molecule has 0 bridgehead atoms. The minimum absolute atomic E-state index is 0.221. The standard InChI is InChI=1S/C9H18F2N2/c1-7(8-3-4-8)13(2)6-9(10,11)5-12/h7-8H,3-6,12H2,1-2H3. The van der Waals surface area contributed by atoms with Crippen molar-refractivity contribution in [1.29, 1.82) is 0 Å². The smallest absolute Gasteiger partial charge is 0.272 e. The molecule has 1 rings (SSSR count). The molecular formula is C9H18F2N2. The molecule has 4 heteroatoms. The van der Waals surface area contributed by atoms with Gasteiger partial charge in [-0.25, -0.2) is 8.78 Å². The predicted molar refractivity (Wildman–Crippen MR) is 48.8 cm³/mol. The Labute approximate surface area is 78.1 Å². The van der Waals surface area contributed by atoms with Gasteiger partial charge in [0.05, 0.1) is 13.1 Å². The number of alkyl halides is 2. The first kappa shape index (κ1) is 10.9. The van der Waals surface area contributed by atoms with Crippen molar-refractivity contribution >= 4 is 0 Å². The van der Waals surface area contributed by atoms with Crippen molar-refractivity contribution in [2.45, 2.75) is 31.7 Å². The van der Waals surface area contributed by atoms with E-state index in [9.17, 15) is 8.78 Å². The molecule has 0 aliphatic heterocycles.